The van der Waals surface area contributed by atoms with E-state index < -0.39 is 0 Å². The third kappa shape index (κ3) is 9.80. The van der Waals surface area contributed by atoms with Crippen LogP contribution in [0, 0.1) is 0 Å². The lowest BCUT2D eigenvalue weighted by Crippen LogP contribution is -2.61. The van der Waals surface area contributed by atoms with Crippen LogP contribution in [0.2, 0.25) is 0 Å². The van der Waals surface area contributed by atoms with Crippen molar-refractivity contribution in [3.05, 3.63) is 321 Å². The van der Waals surface area contributed by atoms with E-state index in [1.807, 2.05) is 0 Å². The lowest BCUT2D eigenvalue weighted by Gasteiger charge is -2.45. The van der Waals surface area contributed by atoms with Crippen LogP contribution in [-0.4, -0.2) is 11.3 Å². The van der Waals surface area contributed by atoms with Crippen molar-refractivity contribution in [1.82, 2.24) is 4.57 Å². The number of anilines is 9. The molecule has 0 spiro atoms. The van der Waals surface area contributed by atoms with E-state index in [0.29, 0.717) is 0 Å². The average Bonchev–Trinajstić information content (AvgIpc) is 0.982. The fourth-order valence-corrected chi connectivity index (χ4v) is 14.2. The summed E-state index contributed by atoms with van der Waals surface area (Å²) >= 11 is 0. The molecule has 2 aliphatic rings. The van der Waals surface area contributed by atoms with Crippen molar-refractivity contribution in [1.29, 1.82) is 0 Å². The number of fused-ring (bicyclic) bond motifs is 7. The van der Waals surface area contributed by atoms with Gasteiger partial charge >= 0.3 is 0 Å². The van der Waals surface area contributed by atoms with Crippen molar-refractivity contribution >= 4 is 96.1 Å². The van der Waals surface area contributed by atoms with Crippen LogP contribution in [-0.2, 0) is 10.8 Å². The largest absolute Gasteiger partial charge is 0.311 e. The first-order valence-electron chi connectivity index (χ1n) is 31.9. The van der Waals surface area contributed by atoms with Gasteiger partial charge in [-0.2, -0.15) is 0 Å². The summed E-state index contributed by atoms with van der Waals surface area (Å²) in [6, 6.07) is 115. The first-order valence-corrected chi connectivity index (χ1v) is 31.9. The minimum Gasteiger partial charge on any atom is -0.311 e. The molecule has 1 aromatic heterocycles. The number of para-hydroxylation sites is 3. The normalized spacial score (nSPS) is 12.7. The third-order valence-electron chi connectivity index (χ3n) is 18.8. The Morgan fingerprint density at radius 2 is 0.747 bits per heavy atom. The zero-order valence-corrected chi connectivity index (χ0v) is 52.3. The van der Waals surface area contributed by atoms with Crippen LogP contribution in [0.25, 0.3) is 72.0 Å². The Labute approximate surface area is 535 Å². The van der Waals surface area contributed by atoms with Gasteiger partial charge in [0, 0.05) is 67.6 Å². The minimum absolute atomic E-state index is 0.0219. The van der Waals surface area contributed by atoms with E-state index >= 15 is 0 Å². The molecule has 0 N–H and O–H groups in total. The average molecular weight is 1170 g/mol. The maximum atomic E-state index is 2.62. The van der Waals surface area contributed by atoms with Gasteiger partial charge in [0.05, 0.1) is 11.0 Å². The summed E-state index contributed by atoms with van der Waals surface area (Å²) in [5.41, 5.74) is 29.1. The van der Waals surface area contributed by atoms with Crippen LogP contribution in [0.5, 0.6) is 0 Å². The van der Waals surface area contributed by atoms with Crippen LogP contribution in [0.15, 0.2) is 309 Å². The zero-order chi connectivity index (χ0) is 61.5. The van der Waals surface area contributed by atoms with Crippen molar-refractivity contribution < 1.29 is 0 Å². The molecule has 13 aromatic carbocycles. The van der Waals surface area contributed by atoms with Gasteiger partial charge < -0.3 is 19.3 Å². The van der Waals surface area contributed by atoms with E-state index in [0.717, 1.165) is 50.8 Å². The van der Waals surface area contributed by atoms with Gasteiger partial charge in [0.2, 0.25) is 0 Å². The van der Waals surface area contributed by atoms with E-state index in [2.05, 4.69) is 370 Å². The van der Waals surface area contributed by atoms with Gasteiger partial charge in [-0.05, 0) is 192 Å². The van der Waals surface area contributed by atoms with E-state index in [4.69, 9.17) is 0 Å². The van der Waals surface area contributed by atoms with Gasteiger partial charge in [-0.15, -0.1) is 0 Å². The molecule has 0 bridgehead atoms. The Morgan fingerprint density at radius 1 is 0.275 bits per heavy atom. The molecule has 0 saturated carbocycles. The van der Waals surface area contributed by atoms with Gasteiger partial charge in [-0.25, -0.2) is 0 Å². The molecule has 0 radical (unpaired) electrons. The van der Waals surface area contributed by atoms with E-state index in [1.165, 1.54) is 99.9 Å². The molecule has 0 unspecified atom stereocenters. The number of nitrogens with zero attached hydrogens (tertiary/aromatic N) is 4. The molecule has 436 valence electrons. The van der Waals surface area contributed by atoms with Crippen LogP contribution >= 0.6 is 0 Å². The molecule has 14 aromatic rings. The molecule has 5 heteroatoms. The first kappa shape index (κ1) is 55.4. The molecule has 2 aliphatic heterocycles. The smallest absolute Gasteiger partial charge is 0.252 e. The first-order chi connectivity index (χ1) is 44.4. The van der Waals surface area contributed by atoms with Gasteiger partial charge in [0.1, 0.15) is 0 Å². The van der Waals surface area contributed by atoms with E-state index in [9.17, 15) is 0 Å². The highest BCUT2D eigenvalue weighted by atomic mass is 15.2. The van der Waals surface area contributed by atoms with Crippen molar-refractivity contribution in [3.8, 4) is 50.2 Å². The second kappa shape index (κ2) is 22.0. The molecule has 4 nitrogen and oxygen atoms in total. The number of hydrogen-bond donors (Lipinski definition) is 0. The summed E-state index contributed by atoms with van der Waals surface area (Å²) in [5.74, 6) is 0. The van der Waals surface area contributed by atoms with Crippen LogP contribution < -0.4 is 31.1 Å². The van der Waals surface area contributed by atoms with Gasteiger partial charge in [0.25, 0.3) is 6.71 Å². The minimum atomic E-state index is -0.235. The molecule has 0 fully saturated rings. The Kier molecular flexibility index (Phi) is 13.4. The highest BCUT2D eigenvalue weighted by Crippen LogP contribution is 2.50. The molecule has 0 amide bonds. The lowest BCUT2D eigenvalue weighted by atomic mass is 9.33. The summed E-state index contributed by atoms with van der Waals surface area (Å²) < 4.78 is 2.49. The van der Waals surface area contributed by atoms with E-state index in [1.54, 1.807) is 0 Å². The van der Waals surface area contributed by atoms with Crippen molar-refractivity contribution in [2.24, 2.45) is 0 Å². The molecule has 0 aliphatic carbocycles. The van der Waals surface area contributed by atoms with Crippen LogP contribution in [0.4, 0.5) is 51.2 Å². The molecule has 3 heterocycles. The number of aromatic nitrogens is 1. The number of benzene rings is 13. The fourth-order valence-electron chi connectivity index (χ4n) is 14.2. The molecule has 0 atom stereocenters. The number of hydrogen-bond acceptors (Lipinski definition) is 3. The monoisotopic (exact) mass is 1170 g/mol. The second-order valence-corrected chi connectivity index (χ2v) is 26.6. The molecular weight excluding hydrogens is 1100 g/mol. The molecular formula is C86H69BN4. The Bertz CT molecular complexity index is 4980. The summed E-state index contributed by atoms with van der Waals surface area (Å²) in [6.07, 6.45) is 0. The third-order valence-corrected chi connectivity index (χ3v) is 18.8. The molecule has 91 heavy (non-hydrogen) atoms. The summed E-state index contributed by atoms with van der Waals surface area (Å²) in [4.78, 5) is 7.59. The number of rotatable bonds is 10. The standard InChI is InChI=1S/C86H69BN4/c1-85(2,3)66-34-24-32-61(49-66)63-42-45-76-80(53-63)91(73-51-64(59-28-14-8-15-29-59)48-65(52-73)60-30-16-9-17-31-60)83-55-67(86(4,5)6)54-82-84(83)87(76)77-46-43-72(57-81(77)90(82)70-39-25-33-62(50-70)58-26-12-7-13-27-58)89-78-41-23-22-40-74(78)75-56-71(44-47-79(75)89)88(68-35-18-10-19-36-68)69-37-20-11-21-38-69/h7-57H,1-6H3. The summed E-state index contributed by atoms with van der Waals surface area (Å²) in [7, 11) is 0. The quantitative estimate of drug-likeness (QED) is 0.127. The fraction of sp³-hybridized carbons (Fsp3) is 0.0930. The highest BCUT2D eigenvalue weighted by molar-refractivity contribution is 7.00. The maximum Gasteiger partial charge on any atom is 0.252 e. The predicted octanol–water partition coefficient (Wildman–Crippen LogP) is 21.6. The summed E-state index contributed by atoms with van der Waals surface area (Å²) in [5, 5.41) is 2.39. The molecule has 16 rings (SSSR count). The van der Waals surface area contributed by atoms with Crippen LogP contribution in [0.1, 0.15) is 52.7 Å². The Balaban J connectivity index is 0.975. The van der Waals surface area contributed by atoms with Crippen LogP contribution in [0.3, 0.4) is 0 Å². The SMILES string of the molecule is CC(C)(C)c1cccc(-c2ccc3c(c2)N(c2cc(-c4ccccc4)cc(-c4ccccc4)c2)c2cc(C(C)(C)C)cc4c2B3c2ccc(-n3c5ccccc5c5cc(N(c6ccccc6)c6ccccc6)ccc53)cc2N4c2cccc(-c3ccccc3)c2)c1. The molecule has 0 saturated heterocycles. The maximum absolute atomic E-state index is 2.62. The zero-order valence-electron chi connectivity index (χ0n) is 52.3. The Hall–Kier alpha value is -10.9. The van der Waals surface area contributed by atoms with Gasteiger partial charge in [-0.1, -0.05) is 242 Å². The predicted molar refractivity (Wildman–Crippen MR) is 389 cm³/mol. The highest BCUT2D eigenvalue weighted by Gasteiger charge is 2.45. The summed E-state index contributed by atoms with van der Waals surface area (Å²) in [6.45, 7) is 13.9. The van der Waals surface area contributed by atoms with Gasteiger partial charge in [0.15, 0.2) is 0 Å². The van der Waals surface area contributed by atoms with Crippen molar-refractivity contribution in [2.45, 2.75) is 52.4 Å². The van der Waals surface area contributed by atoms with E-state index in [-0.39, 0.29) is 17.5 Å². The van der Waals surface area contributed by atoms with Gasteiger partial charge in [-0.3, -0.25) is 0 Å². The lowest BCUT2D eigenvalue weighted by molar-refractivity contribution is 0.590. The topological polar surface area (TPSA) is 14.7 Å². The Morgan fingerprint density at radius 3 is 1.35 bits per heavy atom. The van der Waals surface area contributed by atoms with Crippen molar-refractivity contribution in [3.63, 3.8) is 0 Å². The second-order valence-electron chi connectivity index (χ2n) is 26.6. The van der Waals surface area contributed by atoms with Crippen molar-refractivity contribution in [2.75, 3.05) is 14.7 Å².